The van der Waals surface area contributed by atoms with Gasteiger partial charge in [-0.2, -0.15) is 0 Å². The van der Waals surface area contributed by atoms with Crippen molar-refractivity contribution in [2.24, 2.45) is 5.92 Å². The highest BCUT2D eigenvalue weighted by molar-refractivity contribution is 5.10. The van der Waals surface area contributed by atoms with Crippen molar-refractivity contribution in [3.63, 3.8) is 0 Å². The molecule has 15 heavy (non-hydrogen) atoms. The van der Waals surface area contributed by atoms with Gasteiger partial charge in [-0.3, -0.25) is 4.98 Å². The van der Waals surface area contributed by atoms with E-state index in [1.54, 1.807) is 0 Å². The molecule has 0 saturated heterocycles. The Kier molecular flexibility index (Phi) is 5.33. The van der Waals surface area contributed by atoms with Gasteiger partial charge in [-0.25, -0.2) is 0 Å². The van der Waals surface area contributed by atoms with Crippen LogP contribution in [0.15, 0.2) is 24.5 Å². The maximum Gasteiger partial charge on any atom is 0.0300 e. The third kappa shape index (κ3) is 4.43. The van der Waals surface area contributed by atoms with Gasteiger partial charge in [-0.15, -0.1) is 0 Å². The number of hydrogen-bond donors (Lipinski definition) is 1. The lowest BCUT2D eigenvalue weighted by Crippen LogP contribution is -2.29. The predicted molar refractivity (Wildman–Crippen MR) is 64.9 cm³/mol. The Hall–Kier alpha value is -0.890. The first-order chi connectivity index (χ1) is 7.26. The molecule has 84 valence electrons. The molecule has 2 heteroatoms. The second-order valence-corrected chi connectivity index (χ2v) is 4.30. The second kappa shape index (κ2) is 6.57. The number of hydrogen-bond acceptors (Lipinski definition) is 2. The van der Waals surface area contributed by atoms with Crippen LogP contribution < -0.4 is 5.32 Å². The van der Waals surface area contributed by atoms with Crippen LogP contribution in [0.5, 0.6) is 0 Å². The Morgan fingerprint density at radius 3 is 2.80 bits per heavy atom. The third-order valence-electron chi connectivity index (χ3n) is 3.00. The molecule has 2 nitrogen and oxygen atoms in total. The first-order valence-electron chi connectivity index (χ1n) is 5.82. The van der Waals surface area contributed by atoms with Crippen LogP contribution in [0.25, 0.3) is 0 Å². The van der Waals surface area contributed by atoms with E-state index in [2.05, 4.69) is 30.2 Å². The van der Waals surface area contributed by atoms with Gasteiger partial charge >= 0.3 is 0 Å². The molecular formula is C13H22N2. The summed E-state index contributed by atoms with van der Waals surface area (Å²) < 4.78 is 0. The zero-order valence-electron chi connectivity index (χ0n) is 10.0. The van der Waals surface area contributed by atoms with Crippen molar-refractivity contribution in [1.82, 2.24) is 10.3 Å². The van der Waals surface area contributed by atoms with Gasteiger partial charge in [-0.1, -0.05) is 26.3 Å². The monoisotopic (exact) mass is 206 g/mol. The van der Waals surface area contributed by atoms with Crippen molar-refractivity contribution in [2.45, 2.75) is 39.2 Å². The molecule has 0 amide bonds. The summed E-state index contributed by atoms with van der Waals surface area (Å²) in [6.07, 6.45) is 7.36. The summed E-state index contributed by atoms with van der Waals surface area (Å²) in [5, 5.41) is 3.39. The Morgan fingerprint density at radius 2 is 2.27 bits per heavy atom. The lowest BCUT2D eigenvalue weighted by atomic mass is 9.95. The van der Waals surface area contributed by atoms with Crippen LogP contribution in [0.2, 0.25) is 0 Å². The van der Waals surface area contributed by atoms with Gasteiger partial charge in [0, 0.05) is 18.4 Å². The van der Waals surface area contributed by atoms with E-state index in [4.69, 9.17) is 0 Å². The molecule has 0 bridgehead atoms. The van der Waals surface area contributed by atoms with E-state index in [1.165, 1.54) is 18.4 Å². The van der Waals surface area contributed by atoms with Crippen LogP contribution in [0.1, 0.15) is 32.3 Å². The number of nitrogens with one attached hydrogen (secondary N) is 1. The van der Waals surface area contributed by atoms with Gasteiger partial charge in [-0.05, 0) is 37.4 Å². The molecule has 0 fully saturated rings. The van der Waals surface area contributed by atoms with E-state index >= 15 is 0 Å². The first-order valence-corrected chi connectivity index (χ1v) is 5.82. The van der Waals surface area contributed by atoms with Crippen LogP contribution >= 0.6 is 0 Å². The molecule has 0 aliphatic heterocycles. The molecule has 1 rings (SSSR count). The largest absolute Gasteiger partial charge is 0.317 e. The topological polar surface area (TPSA) is 24.9 Å². The number of nitrogens with zero attached hydrogens (tertiary/aromatic N) is 1. The fraction of sp³-hybridized carbons (Fsp3) is 0.615. The maximum atomic E-state index is 4.14. The Balaban J connectivity index is 2.47. The van der Waals surface area contributed by atoms with Gasteiger partial charge in [0.25, 0.3) is 0 Å². The maximum absolute atomic E-state index is 4.14. The number of likely N-dealkylation sites (N-methyl/N-ethyl adjacent to an activating group) is 1. The molecule has 2 atom stereocenters. The van der Waals surface area contributed by atoms with E-state index in [0.717, 1.165) is 12.3 Å². The van der Waals surface area contributed by atoms with Crippen LogP contribution in [-0.4, -0.2) is 18.1 Å². The molecule has 2 unspecified atom stereocenters. The van der Waals surface area contributed by atoms with Crippen LogP contribution in [0, 0.1) is 5.92 Å². The van der Waals surface area contributed by atoms with E-state index in [1.807, 2.05) is 25.5 Å². The summed E-state index contributed by atoms with van der Waals surface area (Å²) in [6, 6.07) is 4.73. The molecule has 0 saturated carbocycles. The Bertz CT molecular complexity index is 258. The second-order valence-electron chi connectivity index (χ2n) is 4.30. The SMILES string of the molecule is CCC(C)CC(Cc1cccnc1)NC. The minimum atomic E-state index is 0.573. The van der Waals surface area contributed by atoms with Gasteiger partial charge in [0.2, 0.25) is 0 Å². The number of aromatic nitrogens is 1. The van der Waals surface area contributed by atoms with Crippen LogP contribution in [-0.2, 0) is 6.42 Å². The summed E-state index contributed by atoms with van der Waals surface area (Å²) >= 11 is 0. The molecule has 0 aliphatic rings. The molecule has 1 aromatic heterocycles. The molecular weight excluding hydrogens is 184 g/mol. The van der Waals surface area contributed by atoms with Crippen LogP contribution in [0.3, 0.4) is 0 Å². The van der Waals surface area contributed by atoms with Crippen molar-refractivity contribution < 1.29 is 0 Å². The fourth-order valence-electron chi connectivity index (χ4n) is 1.76. The molecule has 1 aromatic rings. The molecule has 1 heterocycles. The predicted octanol–water partition coefficient (Wildman–Crippen LogP) is 2.65. The van der Waals surface area contributed by atoms with Gasteiger partial charge in [0.1, 0.15) is 0 Å². The minimum Gasteiger partial charge on any atom is -0.317 e. The average Bonchev–Trinajstić information content (AvgIpc) is 2.29. The summed E-state index contributed by atoms with van der Waals surface area (Å²) in [4.78, 5) is 4.14. The Labute approximate surface area is 93.1 Å². The highest BCUT2D eigenvalue weighted by atomic mass is 14.9. The van der Waals surface area contributed by atoms with Gasteiger partial charge < -0.3 is 5.32 Å². The highest BCUT2D eigenvalue weighted by Gasteiger charge is 2.10. The molecule has 0 aliphatic carbocycles. The zero-order chi connectivity index (χ0) is 11.1. The fourth-order valence-corrected chi connectivity index (χ4v) is 1.76. The number of rotatable bonds is 6. The normalized spacial score (nSPS) is 14.9. The lowest BCUT2D eigenvalue weighted by molar-refractivity contribution is 0.410. The van der Waals surface area contributed by atoms with Gasteiger partial charge in [0.15, 0.2) is 0 Å². The Morgan fingerprint density at radius 1 is 1.47 bits per heavy atom. The standard InChI is InChI=1S/C13H22N2/c1-4-11(2)8-13(14-3)9-12-6-5-7-15-10-12/h5-7,10-11,13-14H,4,8-9H2,1-3H3. The van der Waals surface area contributed by atoms with Crippen molar-refractivity contribution in [1.29, 1.82) is 0 Å². The summed E-state index contributed by atoms with van der Waals surface area (Å²) in [7, 11) is 2.05. The van der Waals surface area contributed by atoms with Gasteiger partial charge in [0.05, 0.1) is 0 Å². The van der Waals surface area contributed by atoms with E-state index in [0.29, 0.717) is 6.04 Å². The summed E-state index contributed by atoms with van der Waals surface area (Å²) in [5.74, 6) is 0.791. The summed E-state index contributed by atoms with van der Waals surface area (Å²) in [5.41, 5.74) is 1.32. The quantitative estimate of drug-likeness (QED) is 0.774. The van der Waals surface area contributed by atoms with Crippen molar-refractivity contribution >= 4 is 0 Å². The molecule has 0 radical (unpaired) electrons. The molecule has 1 N–H and O–H groups in total. The first kappa shape index (κ1) is 12.2. The number of pyridine rings is 1. The van der Waals surface area contributed by atoms with E-state index < -0.39 is 0 Å². The van der Waals surface area contributed by atoms with Crippen molar-refractivity contribution in [3.05, 3.63) is 30.1 Å². The van der Waals surface area contributed by atoms with Crippen molar-refractivity contribution in [2.75, 3.05) is 7.05 Å². The van der Waals surface area contributed by atoms with E-state index in [-0.39, 0.29) is 0 Å². The molecule has 0 spiro atoms. The summed E-state index contributed by atoms with van der Waals surface area (Å²) in [6.45, 7) is 4.56. The smallest absolute Gasteiger partial charge is 0.0300 e. The minimum absolute atomic E-state index is 0.573. The average molecular weight is 206 g/mol. The highest BCUT2D eigenvalue weighted by Crippen LogP contribution is 2.13. The van der Waals surface area contributed by atoms with Crippen LogP contribution in [0.4, 0.5) is 0 Å². The van der Waals surface area contributed by atoms with E-state index in [9.17, 15) is 0 Å². The lowest BCUT2D eigenvalue weighted by Gasteiger charge is -2.19. The van der Waals surface area contributed by atoms with Crippen molar-refractivity contribution in [3.8, 4) is 0 Å². The zero-order valence-corrected chi connectivity index (χ0v) is 10.0. The molecule has 0 aromatic carbocycles. The third-order valence-corrected chi connectivity index (χ3v) is 3.00.